The second kappa shape index (κ2) is 7.22. The summed E-state index contributed by atoms with van der Waals surface area (Å²) in [5, 5.41) is 16.5. The molecule has 2 amide bonds. The highest BCUT2D eigenvalue weighted by atomic mass is 16.4. The lowest BCUT2D eigenvalue weighted by atomic mass is 9.74. The van der Waals surface area contributed by atoms with E-state index >= 15 is 0 Å². The van der Waals surface area contributed by atoms with Crippen molar-refractivity contribution in [1.82, 2.24) is 15.1 Å². The van der Waals surface area contributed by atoms with Crippen molar-refractivity contribution in [3.8, 4) is 5.69 Å². The molecule has 0 bridgehead atoms. The normalized spacial score (nSPS) is 22.2. The number of carboxylic acids is 1. The Morgan fingerprint density at radius 3 is 2.59 bits per heavy atom. The molecule has 1 fully saturated rings. The number of hydrogen-bond acceptors (Lipinski definition) is 4. The summed E-state index contributed by atoms with van der Waals surface area (Å²) in [7, 11) is 0. The fraction of sp³-hybridized carbons (Fsp3) is 0.368. The van der Waals surface area contributed by atoms with Crippen LogP contribution in [0.3, 0.4) is 0 Å². The largest absolute Gasteiger partial charge is 0.481 e. The first-order valence-electron chi connectivity index (χ1n) is 8.82. The number of hydrogen-bond donors (Lipinski definition) is 3. The molecule has 1 heterocycles. The minimum atomic E-state index is -0.926. The van der Waals surface area contributed by atoms with Gasteiger partial charge < -0.3 is 16.2 Å². The molecule has 1 saturated carbocycles. The highest BCUT2D eigenvalue weighted by Gasteiger charge is 2.42. The lowest BCUT2D eigenvalue weighted by molar-refractivity contribution is -0.145. The summed E-state index contributed by atoms with van der Waals surface area (Å²) in [6.45, 7) is 1.74. The number of nitrogens with one attached hydrogen (secondary N) is 1. The first-order chi connectivity index (χ1) is 12.8. The fourth-order valence-corrected chi connectivity index (χ4v) is 3.64. The summed E-state index contributed by atoms with van der Waals surface area (Å²) in [5.41, 5.74) is 5.25. The lowest BCUT2D eigenvalue weighted by Crippen LogP contribution is -2.55. The quantitative estimate of drug-likeness (QED) is 0.739. The molecule has 1 aliphatic rings. The second-order valence-electron chi connectivity index (χ2n) is 7.03. The van der Waals surface area contributed by atoms with Crippen molar-refractivity contribution in [3.05, 3.63) is 47.8 Å². The molecule has 27 heavy (non-hydrogen) atoms. The van der Waals surface area contributed by atoms with Crippen molar-refractivity contribution in [2.75, 3.05) is 0 Å². The topological polar surface area (TPSA) is 127 Å². The van der Waals surface area contributed by atoms with Crippen molar-refractivity contribution in [2.24, 2.45) is 11.7 Å². The zero-order valence-electron chi connectivity index (χ0n) is 15.0. The summed E-state index contributed by atoms with van der Waals surface area (Å²) >= 11 is 0. The summed E-state index contributed by atoms with van der Waals surface area (Å²) < 4.78 is 1.31. The van der Waals surface area contributed by atoms with Gasteiger partial charge in [-0.1, -0.05) is 31.0 Å². The van der Waals surface area contributed by atoms with Crippen LogP contribution in [0.5, 0.6) is 0 Å². The third kappa shape index (κ3) is 3.69. The Labute approximate surface area is 156 Å². The number of nitrogens with two attached hydrogens (primary N) is 1. The number of aliphatic carboxylic acids is 1. The monoisotopic (exact) mass is 370 g/mol. The van der Waals surface area contributed by atoms with Gasteiger partial charge in [-0.05, 0) is 31.9 Å². The minimum absolute atomic E-state index is 0.0172. The molecule has 1 aliphatic carbocycles. The number of para-hydroxylation sites is 1. The Hall–Kier alpha value is -3.16. The van der Waals surface area contributed by atoms with Crippen molar-refractivity contribution in [3.63, 3.8) is 0 Å². The predicted octanol–water partition coefficient (Wildman–Crippen LogP) is 1.73. The molecule has 1 aromatic heterocycles. The highest BCUT2D eigenvalue weighted by molar-refractivity contribution is 5.98. The van der Waals surface area contributed by atoms with E-state index in [0.717, 1.165) is 12.8 Å². The molecule has 0 radical (unpaired) electrons. The molecular formula is C19H22N4O4. The first kappa shape index (κ1) is 18.6. The summed E-state index contributed by atoms with van der Waals surface area (Å²) in [6, 6.07) is 10.2. The van der Waals surface area contributed by atoms with Crippen LogP contribution in [-0.2, 0) is 4.79 Å². The SMILES string of the molecule is CC1(NC(=O)c2cc(C(N)=O)n(-c3ccccc3)n2)CCCCC1C(=O)O. The van der Waals surface area contributed by atoms with Gasteiger partial charge in [-0.3, -0.25) is 14.4 Å². The van der Waals surface area contributed by atoms with Gasteiger partial charge in [0, 0.05) is 6.07 Å². The van der Waals surface area contributed by atoms with Gasteiger partial charge in [-0.2, -0.15) is 5.10 Å². The highest BCUT2D eigenvalue weighted by Crippen LogP contribution is 2.34. The van der Waals surface area contributed by atoms with Crippen LogP contribution in [0.25, 0.3) is 5.69 Å². The van der Waals surface area contributed by atoms with Gasteiger partial charge in [0.15, 0.2) is 5.69 Å². The molecule has 8 nitrogen and oxygen atoms in total. The van der Waals surface area contributed by atoms with E-state index in [1.807, 2.05) is 6.07 Å². The summed E-state index contributed by atoms with van der Waals surface area (Å²) in [5.74, 6) is -2.83. The smallest absolute Gasteiger partial charge is 0.308 e. The molecule has 4 N–H and O–H groups in total. The van der Waals surface area contributed by atoms with E-state index in [0.29, 0.717) is 18.5 Å². The summed E-state index contributed by atoms with van der Waals surface area (Å²) in [4.78, 5) is 36.1. The standard InChI is InChI=1S/C19H22N4O4/c1-19(10-6-5-9-13(19)18(26)27)21-17(25)14-11-15(16(20)24)23(22-14)12-7-3-2-4-8-12/h2-4,7-8,11,13H,5-6,9-10H2,1H3,(H2,20,24)(H,21,25)(H,26,27). The number of nitrogens with zero attached hydrogens (tertiary/aromatic N) is 2. The van der Waals surface area contributed by atoms with Crippen LogP contribution in [0.4, 0.5) is 0 Å². The van der Waals surface area contributed by atoms with E-state index < -0.39 is 29.2 Å². The molecule has 3 rings (SSSR count). The molecule has 142 valence electrons. The molecule has 2 atom stereocenters. The Morgan fingerprint density at radius 2 is 1.96 bits per heavy atom. The number of amides is 2. The third-order valence-corrected chi connectivity index (χ3v) is 5.10. The van der Waals surface area contributed by atoms with Crippen molar-refractivity contribution in [1.29, 1.82) is 0 Å². The van der Waals surface area contributed by atoms with Crippen LogP contribution >= 0.6 is 0 Å². The number of rotatable bonds is 5. The Morgan fingerprint density at radius 1 is 1.26 bits per heavy atom. The lowest BCUT2D eigenvalue weighted by Gasteiger charge is -2.39. The van der Waals surface area contributed by atoms with E-state index in [4.69, 9.17) is 5.73 Å². The predicted molar refractivity (Wildman–Crippen MR) is 97.5 cm³/mol. The Kier molecular flexibility index (Phi) is 4.98. The van der Waals surface area contributed by atoms with E-state index in [-0.39, 0.29) is 11.4 Å². The van der Waals surface area contributed by atoms with Crippen LogP contribution in [-0.4, -0.2) is 38.2 Å². The molecular weight excluding hydrogens is 348 g/mol. The molecule has 8 heteroatoms. The van der Waals surface area contributed by atoms with E-state index in [1.54, 1.807) is 31.2 Å². The van der Waals surface area contributed by atoms with Crippen LogP contribution < -0.4 is 11.1 Å². The Bertz CT molecular complexity index is 877. The van der Waals surface area contributed by atoms with Gasteiger partial charge in [0.1, 0.15) is 5.69 Å². The zero-order chi connectivity index (χ0) is 19.6. The van der Waals surface area contributed by atoms with Crippen LogP contribution in [0.1, 0.15) is 53.6 Å². The van der Waals surface area contributed by atoms with Crippen LogP contribution in [0, 0.1) is 5.92 Å². The van der Waals surface area contributed by atoms with Crippen LogP contribution in [0.15, 0.2) is 36.4 Å². The number of carboxylic acid groups (broad SMARTS) is 1. The van der Waals surface area contributed by atoms with Crippen molar-refractivity contribution in [2.45, 2.75) is 38.1 Å². The number of carbonyl (C=O) groups is 3. The van der Waals surface area contributed by atoms with Gasteiger partial charge >= 0.3 is 5.97 Å². The maximum absolute atomic E-state index is 12.8. The molecule has 0 saturated heterocycles. The number of aromatic nitrogens is 2. The van der Waals surface area contributed by atoms with Gasteiger partial charge in [-0.25, -0.2) is 4.68 Å². The first-order valence-corrected chi connectivity index (χ1v) is 8.82. The molecule has 2 aromatic rings. The van der Waals surface area contributed by atoms with Crippen molar-refractivity contribution < 1.29 is 19.5 Å². The average Bonchev–Trinajstić information content (AvgIpc) is 3.08. The molecule has 1 aromatic carbocycles. The number of carbonyl (C=O) groups excluding carboxylic acids is 2. The second-order valence-corrected chi connectivity index (χ2v) is 7.03. The number of primary amides is 1. The van der Waals surface area contributed by atoms with E-state index in [2.05, 4.69) is 10.4 Å². The van der Waals surface area contributed by atoms with Gasteiger partial charge in [-0.15, -0.1) is 0 Å². The minimum Gasteiger partial charge on any atom is -0.481 e. The van der Waals surface area contributed by atoms with Crippen LogP contribution in [0.2, 0.25) is 0 Å². The van der Waals surface area contributed by atoms with Gasteiger partial charge in [0.2, 0.25) is 0 Å². The number of benzene rings is 1. The fourth-order valence-electron chi connectivity index (χ4n) is 3.64. The zero-order valence-corrected chi connectivity index (χ0v) is 15.0. The maximum Gasteiger partial charge on any atom is 0.308 e. The molecule has 0 spiro atoms. The maximum atomic E-state index is 12.8. The molecule has 2 unspecified atom stereocenters. The van der Waals surface area contributed by atoms with Gasteiger partial charge in [0.25, 0.3) is 11.8 Å². The average molecular weight is 370 g/mol. The van der Waals surface area contributed by atoms with E-state index in [1.165, 1.54) is 10.7 Å². The summed E-state index contributed by atoms with van der Waals surface area (Å²) in [6.07, 6.45) is 2.73. The van der Waals surface area contributed by atoms with Gasteiger partial charge in [0.05, 0.1) is 17.1 Å². The molecule has 0 aliphatic heterocycles. The van der Waals surface area contributed by atoms with Crippen molar-refractivity contribution >= 4 is 17.8 Å². The third-order valence-electron chi connectivity index (χ3n) is 5.10. The van der Waals surface area contributed by atoms with E-state index in [9.17, 15) is 19.5 Å². The Balaban J connectivity index is 1.91.